The van der Waals surface area contributed by atoms with E-state index in [9.17, 15) is 4.79 Å². The molecule has 4 nitrogen and oxygen atoms in total. The van der Waals surface area contributed by atoms with Crippen molar-refractivity contribution < 1.29 is 4.79 Å². The van der Waals surface area contributed by atoms with Crippen LogP contribution in [-0.2, 0) is 4.79 Å². The van der Waals surface area contributed by atoms with Crippen molar-refractivity contribution in [3.63, 3.8) is 0 Å². The van der Waals surface area contributed by atoms with E-state index < -0.39 is 0 Å². The van der Waals surface area contributed by atoms with Crippen LogP contribution in [0, 0.1) is 0 Å². The average molecular weight is 301 g/mol. The molecular formula is C18H27N3O. The van der Waals surface area contributed by atoms with Gasteiger partial charge in [0.1, 0.15) is 0 Å². The Hall–Kier alpha value is -1.39. The largest absolute Gasteiger partial charge is 0.333 e. The van der Waals surface area contributed by atoms with Crippen LogP contribution in [0.3, 0.4) is 0 Å². The number of hydrogen-bond acceptors (Lipinski definition) is 3. The van der Waals surface area contributed by atoms with Gasteiger partial charge in [0, 0.05) is 26.1 Å². The third kappa shape index (κ3) is 3.87. The zero-order valence-electron chi connectivity index (χ0n) is 13.3. The number of amides is 1. The first-order valence-electron chi connectivity index (χ1n) is 8.62. The lowest BCUT2D eigenvalue weighted by Gasteiger charge is -2.36. The molecule has 0 aromatic heterocycles. The Morgan fingerprint density at radius 3 is 2.68 bits per heavy atom. The Morgan fingerprint density at radius 1 is 1.14 bits per heavy atom. The van der Waals surface area contributed by atoms with Crippen LogP contribution < -0.4 is 5.32 Å². The van der Waals surface area contributed by atoms with Crippen LogP contribution in [-0.4, -0.2) is 55.0 Å². The van der Waals surface area contributed by atoms with Crippen LogP contribution in [0.2, 0.25) is 0 Å². The maximum absolute atomic E-state index is 12.6. The van der Waals surface area contributed by atoms with E-state index >= 15 is 0 Å². The van der Waals surface area contributed by atoms with Crippen LogP contribution in [0.4, 0.5) is 0 Å². The Kier molecular flexibility index (Phi) is 5.46. The molecule has 1 N–H and O–H groups in total. The second-order valence-electron chi connectivity index (χ2n) is 6.37. The van der Waals surface area contributed by atoms with Gasteiger partial charge in [-0.2, -0.15) is 0 Å². The van der Waals surface area contributed by atoms with Crippen LogP contribution in [0.1, 0.15) is 37.3 Å². The molecular weight excluding hydrogens is 274 g/mol. The first-order valence-corrected chi connectivity index (χ1v) is 8.62. The monoisotopic (exact) mass is 301 g/mol. The van der Waals surface area contributed by atoms with E-state index in [-0.39, 0.29) is 6.04 Å². The summed E-state index contributed by atoms with van der Waals surface area (Å²) in [4.78, 5) is 17.2. The number of piperazine rings is 1. The molecule has 1 atom stereocenters. The van der Waals surface area contributed by atoms with Gasteiger partial charge >= 0.3 is 0 Å². The lowest BCUT2D eigenvalue weighted by Crippen LogP contribution is -2.48. The molecule has 0 spiro atoms. The minimum absolute atomic E-state index is 0.189. The van der Waals surface area contributed by atoms with Crippen molar-refractivity contribution in [3.05, 3.63) is 35.9 Å². The maximum Gasteiger partial charge on any atom is 0.223 e. The number of benzene rings is 1. The molecule has 3 rings (SSSR count). The first kappa shape index (κ1) is 15.5. The molecule has 0 saturated carbocycles. The van der Waals surface area contributed by atoms with Gasteiger partial charge < -0.3 is 15.1 Å². The van der Waals surface area contributed by atoms with E-state index in [0.717, 1.165) is 32.6 Å². The van der Waals surface area contributed by atoms with Gasteiger partial charge in [0.05, 0.1) is 6.04 Å². The van der Waals surface area contributed by atoms with Gasteiger partial charge in [-0.3, -0.25) is 4.79 Å². The minimum atomic E-state index is 0.189. The van der Waals surface area contributed by atoms with Gasteiger partial charge in [0.2, 0.25) is 5.91 Å². The highest BCUT2D eigenvalue weighted by Gasteiger charge is 2.27. The fourth-order valence-electron chi connectivity index (χ4n) is 3.58. The normalized spacial score (nSPS) is 22.9. The summed E-state index contributed by atoms with van der Waals surface area (Å²) >= 11 is 0. The van der Waals surface area contributed by atoms with Gasteiger partial charge in [0.15, 0.2) is 0 Å². The van der Waals surface area contributed by atoms with E-state index in [1.807, 2.05) is 6.07 Å². The molecule has 0 bridgehead atoms. The molecule has 120 valence electrons. The topological polar surface area (TPSA) is 35.6 Å². The standard InChI is InChI=1S/C18H27N3O/c22-18(9-6-13-20-11-4-5-12-20)21-14-10-19-15-17(21)16-7-2-1-3-8-16/h1-3,7-8,17,19H,4-6,9-15H2. The molecule has 22 heavy (non-hydrogen) atoms. The predicted molar refractivity (Wildman–Crippen MR) is 88.7 cm³/mol. The van der Waals surface area contributed by atoms with Gasteiger partial charge in [-0.25, -0.2) is 0 Å². The zero-order chi connectivity index (χ0) is 15.2. The summed E-state index contributed by atoms with van der Waals surface area (Å²) in [5, 5.41) is 3.42. The highest BCUT2D eigenvalue weighted by molar-refractivity contribution is 5.77. The van der Waals surface area contributed by atoms with Gasteiger partial charge in [-0.1, -0.05) is 30.3 Å². The predicted octanol–water partition coefficient (Wildman–Crippen LogP) is 2.04. The summed E-state index contributed by atoms with van der Waals surface area (Å²) in [5.74, 6) is 0.314. The SMILES string of the molecule is O=C(CCCN1CCCC1)N1CCNCC1c1ccccc1. The van der Waals surface area contributed by atoms with E-state index in [1.165, 1.54) is 31.5 Å². The van der Waals surface area contributed by atoms with Crippen molar-refractivity contribution in [2.75, 3.05) is 39.3 Å². The number of nitrogens with one attached hydrogen (secondary N) is 1. The zero-order valence-corrected chi connectivity index (χ0v) is 13.3. The fraction of sp³-hybridized carbons (Fsp3) is 0.611. The molecule has 0 radical (unpaired) electrons. The number of likely N-dealkylation sites (tertiary alicyclic amines) is 1. The summed E-state index contributed by atoms with van der Waals surface area (Å²) in [6, 6.07) is 10.6. The van der Waals surface area contributed by atoms with Crippen LogP contribution in [0.15, 0.2) is 30.3 Å². The van der Waals surface area contributed by atoms with Crippen molar-refractivity contribution in [2.24, 2.45) is 0 Å². The van der Waals surface area contributed by atoms with Gasteiger partial charge in [0.25, 0.3) is 0 Å². The molecule has 2 fully saturated rings. The Morgan fingerprint density at radius 2 is 1.91 bits per heavy atom. The summed E-state index contributed by atoms with van der Waals surface area (Å²) in [7, 11) is 0. The number of carbonyl (C=O) groups excluding carboxylic acids is 1. The first-order chi connectivity index (χ1) is 10.8. The summed E-state index contributed by atoms with van der Waals surface area (Å²) in [6.07, 6.45) is 4.31. The maximum atomic E-state index is 12.6. The van der Waals surface area contributed by atoms with E-state index in [1.54, 1.807) is 0 Å². The van der Waals surface area contributed by atoms with Crippen LogP contribution in [0.25, 0.3) is 0 Å². The van der Waals surface area contributed by atoms with Gasteiger partial charge in [-0.05, 0) is 44.5 Å². The average Bonchev–Trinajstić information content (AvgIpc) is 3.09. The van der Waals surface area contributed by atoms with Crippen molar-refractivity contribution in [3.8, 4) is 0 Å². The number of rotatable bonds is 5. The third-order valence-electron chi connectivity index (χ3n) is 4.81. The second kappa shape index (κ2) is 7.75. The van der Waals surface area contributed by atoms with E-state index in [4.69, 9.17) is 0 Å². The lowest BCUT2D eigenvalue weighted by molar-refractivity contribution is -0.134. The smallest absolute Gasteiger partial charge is 0.223 e. The molecule has 2 aliphatic rings. The van der Waals surface area contributed by atoms with Crippen molar-refractivity contribution in [1.82, 2.24) is 15.1 Å². The number of carbonyl (C=O) groups is 1. The second-order valence-corrected chi connectivity index (χ2v) is 6.37. The molecule has 1 aromatic rings. The number of hydrogen-bond donors (Lipinski definition) is 1. The van der Waals surface area contributed by atoms with Crippen molar-refractivity contribution in [1.29, 1.82) is 0 Å². The lowest BCUT2D eigenvalue weighted by atomic mass is 10.0. The molecule has 2 aliphatic heterocycles. The van der Waals surface area contributed by atoms with E-state index in [2.05, 4.69) is 39.4 Å². The third-order valence-corrected chi connectivity index (χ3v) is 4.81. The van der Waals surface area contributed by atoms with Crippen LogP contribution >= 0.6 is 0 Å². The van der Waals surface area contributed by atoms with Crippen LogP contribution in [0.5, 0.6) is 0 Å². The van der Waals surface area contributed by atoms with Crippen molar-refractivity contribution >= 4 is 5.91 Å². The molecule has 1 unspecified atom stereocenters. The summed E-state index contributed by atoms with van der Waals surface area (Å²) in [6.45, 7) is 6.10. The molecule has 2 saturated heterocycles. The number of nitrogens with zero attached hydrogens (tertiary/aromatic N) is 2. The molecule has 2 heterocycles. The molecule has 1 aromatic carbocycles. The Bertz CT molecular complexity index is 470. The highest BCUT2D eigenvalue weighted by atomic mass is 16.2. The summed E-state index contributed by atoms with van der Waals surface area (Å²) < 4.78 is 0. The fourth-order valence-corrected chi connectivity index (χ4v) is 3.58. The van der Waals surface area contributed by atoms with Gasteiger partial charge in [-0.15, -0.1) is 0 Å². The highest BCUT2D eigenvalue weighted by Crippen LogP contribution is 2.23. The quantitative estimate of drug-likeness (QED) is 0.904. The van der Waals surface area contributed by atoms with E-state index in [0.29, 0.717) is 12.3 Å². The molecule has 0 aliphatic carbocycles. The summed E-state index contributed by atoms with van der Waals surface area (Å²) in [5.41, 5.74) is 1.24. The molecule has 4 heteroatoms. The molecule has 1 amide bonds. The Balaban J connectivity index is 1.54. The van der Waals surface area contributed by atoms with Crippen molar-refractivity contribution in [2.45, 2.75) is 31.7 Å². The Labute approximate surface area is 133 Å². The minimum Gasteiger partial charge on any atom is -0.333 e.